The first-order valence-electron chi connectivity index (χ1n) is 10.8. The number of aromatic nitrogens is 2. The lowest BCUT2D eigenvalue weighted by atomic mass is 10.1. The third-order valence-electron chi connectivity index (χ3n) is 5.20. The van der Waals surface area contributed by atoms with Crippen molar-refractivity contribution in [3.63, 3.8) is 0 Å². The molecule has 2 amide bonds. The van der Waals surface area contributed by atoms with E-state index in [1.165, 1.54) is 24.9 Å². The average molecular weight is 513 g/mol. The highest BCUT2D eigenvalue weighted by atomic mass is 19.4. The van der Waals surface area contributed by atoms with Gasteiger partial charge in [0.25, 0.3) is 11.8 Å². The molecule has 4 rings (SSSR count). The summed E-state index contributed by atoms with van der Waals surface area (Å²) in [6.07, 6.45) is -1.02. The van der Waals surface area contributed by atoms with Crippen LogP contribution in [-0.4, -0.2) is 21.8 Å². The van der Waals surface area contributed by atoms with E-state index in [0.29, 0.717) is 29.6 Å². The normalized spacial score (nSPS) is 11.2. The smallest absolute Gasteiger partial charge is 0.416 e. The van der Waals surface area contributed by atoms with Crippen LogP contribution in [0.15, 0.2) is 71.8 Å². The van der Waals surface area contributed by atoms with Crippen LogP contribution in [0.2, 0.25) is 0 Å². The number of amides is 2. The van der Waals surface area contributed by atoms with Gasteiger partial charge in [-0.15, -0.1) is 0 Å². The van der Waals surface area contributed by atoms with Crippen molar-refractivity contribution in [1.29, 1.82) is 0 Å². The zero-order chi connectivity index (χ0) is 26.6. The van der Waals surface area contributed by atoms with Crippen molar-refractivity contribution in [2.75, 3.05) is 10.6 Å². The number of nitrogens with zero attached hydrogens (tertiary/aromatic N) is 2. The Morgan fingerprint density at radius 2 is 1.76 bits per heavy atom. The molecule has 3 N–H and O–H groups in total. The van der Waals surface area contributed by atoms with Gasteiger partial charge in [-0.05, 0) is 42.8 Å². The van der Waals surface area contributed by atoms with Crippen molar-refractivity contribution >= 4 is 29.0 Å². The van der Waals surface area contributed by atoms with Crippen LogP contribution < -0.4 is 16.0 Å². The lowest BCUT2D eigenvalue weighted by molar-refractivity contribution is -0.137. The number of aryl methyl sites for hydroxylation is 1. The number of pyridine rings is 1. The molecule has 0 saturated carbocycles. The molecule has 0 saturated heterocycles. The number of oxazole rings is 1. The first-order valence-corrected chi connectivity index (χ1v) is 10.8. The highest BCUT2D eigenvalue weighted by molar-refractivity contribution is 6.07. The number of halogens is 4. The minimum atomic E-state index is -4.85. The van der Waals surface area contributed by atoms with Crippen LogP contribution in [0.3, 0.4) is 0 Å². The molecule has 0 atom stereocenters. The van der Waals surface area contributed by atoms with Gasteiger partial charge in [0, 0.05) is 17.4 Å². The second-order valence-corrected chi connectivity index (χ2v) is 7.90. The third-order valence-corrected chi connectivity index (χ3v) is 5.20. The van der Waals surface area contributed by atoms with Crippen molar-refractivity contribution in [3.8, 4) is 0 Å². The monoisotopic (exact) mass is 513 g/mol. The molecule has 0 bridgehead atoms. The molecule has 4 aromatic rings. The van der Waals surface area contributed by atoms with E-state index in [1.807, 2.05) is 19.1 Å². The highest BCUT2D eigenvalue weighted by Gasteiger charge is 2.32. The van der Waals surface area contributed by atoms with Crippen molar-refractivity contribution in [3.05, 3.63) is 101 Å². The third kappa shape index (κ3) is 6.28. The van der Waals surface area contributed by atoms with E-state index in [4.69, 9.17) is 4.42 Å². The SMILES string of the molecule is Cc1ccccc1Nc1ncc(C(=O)NCc2cocn2)cc1NC(=O)c1cc(F)cc(C(F)(F)F)c1. The van der Waals surface area contributed by atoms with Crippen molar-refractivity contribution in [2.24, 2.45) is 0 Å². The summed E-state index contributed by atoms with van der Waals surface area (Å²) in [7, 11) is 0. The van der Waals surface area contributed by atoms with Crippen LogP contribution in [0.5, 0.6) is 0 Å². The maximum atomic E-state index is 13.9. The minimum absolute atomic E-state index is 0.0137. The molecule has 12 heteroatoms. The predicted octanol–water partition coefficient (Wildman–Crippen LogP) is 5.46. The standard InChI is InChI=1S/C25H19F4N5O3/c1-14-4-2-3-5-20(14)33-22-21(8-16(10-30-22)23(35)31-11-19-12-37-13-32-19)34-24(36)15-6-17(25(27,28)29)9-18(26)7-15/h2-10,12-13H,11H2,1H3,(H,30,33)(H,31,35)(H,34,36). The summed E-state index contributed by atoms with van der Waals surface area (Å²) >= 11 is 0. The molecule has 190 valence electrons. The Bertz CT molecular complexity index is 1440. The highest BCUT2D eigenvalue weighted by Crippen LogP contribution is 2.31. The lowest BCUT2D eigenvalue weighted by Crippen LogP contribution is -2.24. The van der Waals surface area contributed by atoms with E-state index >= 15 is 0 Å². The number of alkyl halides is 3. The number of rotatable bonds is 7. The molecule has 0 aliphatic rings. The van der Waals surface area contributed by atoms with Crippen LogP contribution >= 0.6 is 0 Å². The zero-order valence-corrected chi connectivity index (χ0v) is 19.2. The van der Waals surface area contributed by atoms with Crippen LogP contribution in [0, 0.1) is 12.7 Å². The molecule has 2 aromatic heterocycles. The summed E-state index contributed by atoms with van der Waals surface area (Å²) < 4.78 is 58.1. The van der Waals surface area contributed by atoms with Crippen LogP contribution in [0.4, 0.5) is 34.8 Å². The maximum absolute atomic E-state index is 13.9. The van der Waals surface area contributed by atoms with Gasteiger partial charge in [0.2, 0.25) is 0 Å². The van der Waals surface area contributed by atoms with Gasteiger partial charge in [-0.1, -0.05) is 18.2 Å². The number of nitrogens with one attached hydrogen (secondary N) is 3. The second-order valence-electron chi connectivity index (χ2n) is 7.90. The average Bonchev–Trinajstić information content (AvgIpc) is 3.37. The minimum Gasteiger partial charge on any atom is -0.451 e. The molecule has 0 radical (unpaired) electrons. The number of anilines is 3. The van der Waals surface area contributed by atoms with Crippen LogP contribution in [0.25, 0.3) is 0 Å². The Kier molecular flexibility index (Phi) is 7.18. The quantitative estimate of drug-likeness (QED) is 0.283. The predicted molar refractivity (Wildman–Crippen MR) is 126 cm³/mol. The number of hydrogen-bond donors (Lipinski definition) is 3. The van der Waals surface area contributed by atoms with Gasteiger partial charge in [-0.25, -0.2) is 14.4 Å². The summed E-state index contributed by atoms with van der Waals surface area (Å²) in [6.45, 7) is 1.89. The summed E-state index contributed by atoms with van der Waals surface area (Å²) in [5.41, 5.74) is 0.114. The van der Waals surface area contributed by atoms with Gasteiger partial charge in [-0.3, -0.25) is 9.59 Å². The van der Waals surface area contributed by atoms with E-state index in [0.717, 1.165) is 5.56 Å². The molecule has 8 nitrogen and oxygen atoms in total. The van der Waals surface area contributed by atoms with Gasteiger partial charge in [0.05, 0.1) is 29.1 Å². The van der Waals surface area contributed by atoms with Crippen LogP contribution in [0.1, 0.15) is 37.5 Å². The summed E-state index contributed by atoms with van der Waals surface area (Å²) in [5.74, 6) is -2.70. The molecule has 2 aromatic carbocycles. The van der Waals surface area contributed by atoms with Crippen molar-refractivity contribution in [2.45, 2.75) is 19.6 Å². The molecule has 0 fully saturated rings. The van der Waals surface area contributed by atoms with Gasteiger partial charge in [0.15, 0.2) is 12.2 Å². The summed E-state index contributed by atoms with van der Waals surface area (Å²) in [6, 6.07) is 9.99. The van der Waals surface area contributed by atoms with Gasteiger partial charge < -0.3 is 20.4 Å². The van der Waals surface area contributed by atoms with E-state index < -0.39 is 34.9 Å². The molecule has 0 unspecified atom stereocenters. The Labute approximate surface area is 207 Å². The molecule has 0 aliphatic heterocycles. The molecular formula is C25H19F4N5O3. The molecule has 0 aliphatic carbocycles. The largest absolute Gasteiger partial charge is 0.451 e. The first kappa shape index (κ1) is 25.4. The number of hydrogen-bond acceptors (Lipinski definition) is 6. The van der Waals surface area contributed by atoms with Crippen molar-refractivity contribution in [1.82, 2.24) is 15.3 Å². The first-order chi connectivity index (χ1) is 17.6. The molecule has 37 heavy (non-hydrogen) atoms. The summed E-state index contributed by atoms with van der Waals surface area (Å²) in [5, 5.41) is 8.08. The maximum Gasteiger partial charge on any atom is 0.416 e. The number of carbonyl (C=O) groups is 2. The lowest BCUT2D eigenvalue weighted by Gasteiger charge is -2.15. The fourth-order valence-corrected chi connectivity index (χ4v) is 3.30. The number of benzene rings is 2. The molecule has 2 heterocycles. The van der Waals surface area contributed by atoms with Crippen LogP contribution in [-0.2, 0) is 12.7 Å². The van der Waals surface area contributed by atoms with E-state index in [1.54, 1.807) is 12.1 Å². The van der Waals surface area contributed by atoms with Gasteiger partial charge >= 0.3 is 6.18 Å². The topological polar surface area (TPSA) is 109 Å². The van der Waals surface area contributed by atoms with Gasteiger partial charge in [0.1, 0.15) is 12.1 Å². The van der Waals surface area contributed by atoms with E-state index in [-0.39, 0.29) is 23.6 Å². The Morgan fingerprint density at radius 1 is 0.973 bits per heavy atom. The van der Waals surface area contributed by atoms with Gasteiger partial charge in [-0.2, -0.15) is 13.2 Å². The number of carbonyl (C=O) groups excluding carboxylic acids is 2. The molecule has 0 spiro atoms. The van der Waals surface area contributed by atoms with E-state index in [9.17, 15) is 27.2 Å². The molecular weight excluding hydrogens is 494 g/mol. The van der Waals surface area contributed by atoms with Crippen molar-refractivity contribution < 1.29 is 31.6 Å². The zero-order valence-electron chi connectivity index (χ0n) is 19.2. The summed E-state index contributed by atoms with van der Waals surface area (Å²) in [4.78, 5) is 33.6. The Balaban J connectivity index is 1.65. The Hall–Kier alpha value is -4.74. The van der Waals surface area contributed by atoms with E-state index in [2.05, 4.69) is 25.9 Å². The fourth-order valence-electron chi connectivity index (χ4n) is 3.30. The Morgan fingerprint density at radius 3 is 2.46 bits per heavy atom. The second kappa shape index (κ2) is 10.5. The fraction of sp³-hybridized carbons (Fsp3) is 0.120. The number of para-hydroxylation sites is 1.